The van der Waals surface area contributed by atoms with E-state index >= 15 is 0 Å². The zero-order valence-electron chi connectivity index (χ0n) is 9.74. The Balaban J connectivity index is 1.82. The summed E-state index contributed by atoms with van der Waals surface area (Å²) in [6.07, 6.45) is 3.51. The Hall–Kier alpha value is -0.570. The quantitative estimate of drug-likeness (QED) is 0.710. The van der Waals surface area contributed by atoms with E-state index in [1.165, 1.54) is 12.8 Å². The van der Waals surface area contributed by atoms with Crippen LogP contribution in [0, 0.1) is 11.8 Å². The molecule has 1 saturated heterocycles. The van der Waals surface area contributed by atoms with Crippen LogP contribution in [0.15, 0.2) is 0 Å². The lowest BCUT2D eigenvalue weighted by molar-refractivity contribution is -0.140. The molecule has 0 N–H and O–H groups in total. The molecule has 3 nitrogen and oxygen atoms in total. The summed E-state index contributed by atoms with van der Waals surface area (Å²) in [6.45, 7) is 6.59. The second-order valence-electron chi connectivity index (χ2n) is 5.14. The lowest BCUT2D eigenvalue weighted by Crippen LogP contribution is -2.47. The molecule has 0 aromatic heterocycles. The highest BCUT2D eigenvalue weighted by Crippen LogP contribution is 2.33. The van der Waals surface area contributed by atoms with E-state index in [1.54, 1.807) is 0 Å². The van der Waals surface area contributed by atoms with E-state index in [1.807, 2.05) is 4.90 Å². The standard InChI is InChI=1S/C12H21NO2/c1-9(2)11-8-13(5-6-15-11)12(14)7-10-3-4-10/h9-11H,3-8H2,1-2H3/t11-/m0/s1. The predicted molar refractivity (Wildman–Crippen MR) is 58.5 cm³/mol. The van der Waals surface area contributed by atoms with Crippen LogP contribution >= 0.6 is 0 Å². The molecule has 1 aliphatic heterocycles. The number of carbonyl (C=O) groups is 1. The van der Waals surface area contributed by atoms with Crippen molar-refractivity contribution in [3.63, 3.8) is 0 Å². The summed E-state index contributed by atoms with van der Waals surface area (Å²) in [6, 6.07) is 0. The number of ether oxygens (including phenoxy) is 1. The Bertz CT molecular complexity index is 236. The molecule has 1 amide bonds. The number of amides is 1. The summed E-state index contributed by atoms with van der Waals surface area (Å²) in [7, 11) is 0. The van der Waals surface area contributed by atoms with Crippen LogP contribution in [0.2, 0.25) is 0 Å². The molecule has 86 valence electrons. The molecule has 1 heterocycles. The maximum absolute atomic E-state index is 11.9. The van der Waals surface area contributed by atoms with Crippen molar-refractivity contribution in [1.29, 1.82) is 0 Å². The van der Waals surface area contributed by atoms with E-state index in [0.29, 0.717) is 24.3 Å². The van der Waals surface area contributed by atoms with Gasteiger partial charge in [0.15, 0.2) is 0 Å². The molecule has 1 aliphatic carbocycles. The van der Waals surface area contributed by atoms with Crippen molar-refractivity contribution in [1.82, 2.24) is 4.90 Å². The van der Waals surface area contributed by atoms with E-state index in [-0.39, 0.29) is 6.10 Å². The highest BCUT2D eigenvalue weighted by molar-refractivity contribution is 5.76. The van der Waals surface area contributed by atoms with Gasteiger partial charge in [0.2, 0.25) is 5.91 Å². The zero-order chi connectivity index (χ0) is 10.8. The van der Waals surface area contributed by atoms with Gasteiger partial charge in [-0.3, -0.25) is 4.79 Å². The first kappa shape index (κ1) is 10.9. The molecule has 0 unspecified atom stereocenters. The van der Waals surface area contributed by atoms with Crippen molar-refractivity contribution in [3.05, 3.63) is 0 Å². The van der Waals surface area contributed by atoms with Gasteiger partial charge in [-0.05, 0) is 24.7 Å². The Morgan fingerprint density at radius 3 is 2.80 bits per heavy atom. The lowest BCUT2D eigenvalue weighted by atomic mass is 10.1. The summed E-state index contributed by atoms with van der Waals surface area (Å²) in [4.78, 5) is 13.9. The SMILES string of the molecule is CC(C)[C@@H]1CN(C(=O)CC2CC2)CCO1. The van der Waals surface area contributed by atoms with Crippen LogP contribution in [-0.4, -0.2) is 36.6 Å². The average Bonchev–Trinajstić information content (AvgIpc) is 3.02. The fraction of sp³-hybridized carbons (Fsp3) is 0.917. The largest absolute Gasteiger partial charge is 0.374 e. The minimum Gasteiger partial charge on any atom is -0.374 e. The van der Waals surface area contributed by atoms with Crippen LogP contribution in [-0.2, 0) is 9.53 Å². The van der Waals surface area contributed by atoms with E-state index < -0.39 is 0 Å². The second-order valence-corrected chi connectivity index (χ2v) is 5.14. The summed E-state index contributed by atoms with van der Waals surface area (Å²) < 4.78 is 5.65. The number of rotatable bonds is 3. The highest BCUT2D eigenvalue weighted by atomic mass is 16.5. The predicted octanol–water partition coefficient (Wildman–Crippen LogP) is 1.67. The Kier molecular flexibility index (Phi) is 3.29. The number of nitrogens with zero attached hydrogens (tertiary/aromatic N) is 1. The Morgan fingerprint density at radius 2 is 2.20 bits per heavy atom. The van der Waals surface area contributed by atoms with E-state index in [9.17, 15) is 4.79 Å². The first-order valence-corrected chi connectivity index (χ1v) is 6.06. The first-order chi connectivity index (χ1) is 7.16. The summed E-state index contributed by atoms with van der Waals surface area (Å²) in [5.74, 6) is 1.53. The van der Waals surface area contributed by atoms with Crippen molar-refractivity contribution >= 4 is 5.91 Å². The van der Waals surface area contributed by atoms with Crippen molar-refractivity contribution in [2.45, 2.75) is 39.2 Å². The molecule has 3 heteroatoms. The Labute approximate surface area is 91.8 Å². The molecule has 0 bridgehead atoms. The van der Waals surface area contributed by atoms with Crippen LogP contribution in [0.4, 0.5) is 0 Å². The summed E-state index contributed by atoms with van der Waals surface area (Å²) in [5, 5.41) is 0. The van der Waals surface area contributed by atoms with E-state index in [2.05, 4.69) is 13.8 Å². The van der Waals surface area contributed by atoms with Gasteiger partial charge < -0.3 is 9.64 Å². The monoisotopic (exact) mass is 211 g/mol. The number of morpholine rings is 1. The molecule has 0 radical (unpaired) electrons. The van der Waals surface area contributed by atoms with Crippen LogP contribution in [0.5, 0.6) is 0 Å². The molecular weight excluding hydrogens is 190 g/mol. The van der Waals surface area contributed by atoms with Gasteiger partial charge in [0.1, 0.15) is 0 Å². The van der Waals surface area contributed by atoms with E-state index in [4.69, 9.17) is 4.74 Å². The van der Waals surface area contributed by atoms with Gasteiger partial charge in [0.05, 0.1) is 12.7 Å². The number of hydrogen-bond donors (Lipinski definition) is 0. The minimum absolute atomic E-state index is 0.238. The third kappa shape index (κ3) is 2.94. The van der Waals surface area contributed by atoms with Crippen LogP contribution < -0.4 is 0 Å². The van der Waals surface area contributed by atoms with Crippen molar-refractivity contribution < 1.29 is 9.53 Å². The number of carbonyl (C=O) groups excluding carboxylic acids is 1. The highest BCUT2D eigenvalue weighted by Gasteiger charge is 2.30. The Morgan fingerprint density at radius 1 is 1.47 bits per heavy atom. The molecule has 2 fully saturated rings. The normalized spacial score (nSPS) is 27.1. The van der Waals surface area contributed by atoms with E-state index in [0.717, 1.165) is 19.5 Å². The van der Waals surface area contributed by atoms with Crippen molar-refractivity contribution in [2.75, 3.05) is 19.7 Å². The van der Waals surface area contributed by atoms with Gasteiger partial charge >= 0.3 is 0 Å². The van der Waals surface area contributed by atoms with Crippen LogP contribution in [0.3, 0.4) is 0 Å². The average molecular weight is 211 g/mol. The maximum Gasteiger partial charge on any atom is 0.223 e. The van der Waals surface area contributed by atoms with Crippen LogP contribution in [0.1, 0.15) is 33.1 Å². The first-order valence-electron chi connectivity index (χ1n) is 6.06. The smallest absolute Gasteiger partial charge is 0.223 e. The minimum atomic E-state index is 0.238. The topological polar surface area (TPSA) is 29.5 Å². The molecule has 1 saturated carbocycles. The van der Waals surface area contributed by atoms with Gasteiger partial charge in [-0.25, -0.2) is 0 Å². The summed E-state index contributed by atoms with van der Waals surface area (Å²) in [5.41, 5.74) is 0. The molecule has 15 heavy (non-hydrogen) atoms. The zero-order valence-corrected chi connectivity index (χ0v) is 9.74. The van der Waals surface area contributed by atoms with Gasteiger partial charge in [-0.2, -0.15) is 0 Å². The molecule has 0 aromatic carbocycles. The molecule has 2 aliphatic rings. The summed E-state index contributed by atoms with van der Waals surface area (Å²) >= 11 is 0. The van der Waals surface area contributed by atoms with Gasteiger partial charge in [-0.1, -0.05) is 13.8 Å². The van der Waals surface area contributed by atoms with Gasteiger partial charge in [-0.15, -0.1) is 0 Å². The molecule has 1 atom stereocenters. The number of hydrogen-bond acceptors (Lipinski definition) is 2. The van der Waals surface area contributed by atoms with Crippen molar-refractivity contribution in [2.24, 2.45) is 11.8 Å². The third-order valence-electron chi connectivity index (χ3n) is 3.35. The third-order valence-corrected chi connectivity index (χ3v) is 3.35. The fourth-order valence-electron chi connectivity index (χ4n) is 2.00. The molecule has 0 aromatic rings. The van der Waals surface area contributed by atoms with Gasteiger partial charge in [0, 0.05) is 19.5 Å². The molecular formula is C12H21NO2. The molecule has 2 rings (SSSR count). The fourth-order valence-corrected chi connectivity index (χ4v) is 2.00. The van der Waals surface area contributed by atoms with Gasteiger partial charge in [0.25, 0.3) is 0 Å². The maximum atomic E-state index is 11.9. The molecule has 0 spiro atoms. The van der Waals surface area contributed by atoms with Crippen LogP contribution in [0.25, 0.3) is 0 Å². The van der Waals surface area contributed by atoms with Crippen molar-refractivity contribution in [3.8, 4) is 0 Å². The lowest BCUT2D eigenvalue weighted by Gasteiger charge is -2.35. The second kappa shape index (κ2) is 4.52.